The Labute approximate surface area is 121 Å². The number of benzene rings is 1. The van der Waals surface area contributed by atoms with Gasteiger partial charge in [0.1, 0.15) is 6.61 Å². The molecule has 0 aliphatic heterocycles. The van der Waals surface area contributed by atoms with Crippen molar-refractivity contribution in [2.24, 2.45) is 0 Å². The summed E-state index contributed by atoms with van der Waals surface area (Å²) < 4.78 is 26.8. The van der Waals surface area contributed by atoms with Gasteiger partial charge in [-0.1, -0.05) is 17.9 Å². The Morgan fingerprint density at radius 1 is 1.45 bits per heavy atom. The maximum Gasteiger partial charge on any atom is 0.263 e. The summed E-state index contributed by atoms with van der Waals surface area (Å²) >= 11 is 1.26. The maximum absolute atomic E-state index is 12.2. The van der Waals surface area contributed by atoms with Crippen molar-refractivity contribution < 1.29 is 13.5 Å². The Morgan fingerprint density at radius 3 is 2.90 bits per heavy atom. The number of anilines is 1. The Morgan fingerprint density at radius 2 is 2.25 bits per heavy atom. The molecule has 1 heterocycles. The van der Waals surface area contributed by atoms with Gasteiger partial charge in [-0.2, -0.15) is 0 Å². The summed E-state index contributed by atoms with van der Waals surface area (Å²) in [5.74, 6) is 5.15. The van der Waals surface area contributed by atoms with Crippen molar-refractivity contribution in [1.82, 2.24) is 4.98 Å². The number of aliphatic hydroxyl groups excluding tert-OH is 1. The minimum Gasteiger partial charge on any atom is -0.384 e. The molecule has 0 amide bonds. The minimum atomic E-state index is -3.68. The fraction of sp³-hybridized carbons (Fsp3) is 0.154. The van der Waals surface area contributed by atoms with E-state index in [0.29, 0.717) is 10.7 Å². The highest BCUT2D eigenvalue weighted by Crippen LogP contribution is 2.21. The first kappa shape index (κ1) is 14.5. The molecule has 0 saturated heterocycles. The number of aromatic nitrogens is 1. The molecule has 2 aromatic rings. The summed E-state index contributed by atoms with van der Waals surface area (Å²) in [6.07, 6.45) is 1.60. The Bertz CT molecular complexity index is 770. The highest BCUT2D eigenvalue weighted by Gasteiger charge is 2.15. The van der Waals surface area contributed by atoms with Crippen LogP contribution in [0.4, 0.5) is 5.13 Å². The first-order chi connectivity index (χ1) is 9.51. The fourth-order valence-corrected chi connectivity index (χ4v) is 3.41. The van der Waals surface area contributed by atoms with Crippen LogP contribution in [0, 0.1) is 18.8 Å². The van der Waals surface area contributed by atoms with Gasteiger partial charge in [-0.3, -0.25) is 4.72 Å². The lowest BCUT2D eigenvalue weighted by Gasteiger charge is -2.05. The molecule has 104 valence electrons. The normalized spacial score (nSPS) is 10.7. The van der Waals surface area contributed by atoms with Gasteiger partial charge in [0.05, 0.1) is 4.90 Å². The molecule has 2 rings (SSSR count). The lowest BCUT2D eigenvalue weighted by molar-refractivity contribution is 0.350. The van der Waals surface area contributed by atoms with Crippen molar-refractivity contribution in [2.45, 2.75) is 11.8 Å². The van der Waals surface area contributed by atoms with Crippen molar-refractivity contribution in [3.63, 3.8) is 0 Å². The van der Waals surface area contributed by atoms with Crippen LogP contribution in [-0.2, 0) is 10.0 Å². The summed E-state index contributed by atoms with van der Waals surface area (Å²) in [5.41, 5.74) is 0.525. The second-order valence-electron chi connectivity index (χ2n) is 3.87. The lowest BCUT2D eigenvalue weighted by Crippen LogP contribution is -2.12. The number of sulfonamides is 1. The highest BCUT2D eigenvalue weighted by molar-refractivity contribution is 7.93. The number of aliphatic hydroxyl groups is 1. The molecule has 7 heteroatoms. The average Bonchev–Trinajstić information content (AvgIpc) is 2.81. The lowest BCUT2D eigenvalue weighted by atomic mass is 10.2. The molecule has 0 radical (unpaired) electrons. The monoisotopic (exact) mass is 308 g/mol. The van der Waals surface area contributed by atoms with Gasteiger partial charge in [-0.05, 0) is 25.1 Å². The molecule has 0 atom stereocenters. The number of aryl methyl sites for hydroxylation is 1. The van der Waals surface area contributed by atoms with Crippen molar-refractivity contribution in [2.75, 3.05) is 11.3 Å². The van der Waals surface area contributed by atoms with E-state index in [4.69, 9.17) is 5.11 Å². The first-order valence-corrected chi connectivity index (χ1v) is 7.96. The summed E-state index contributed by atoms with van der Waals surface area (Å²) in [6, 6.07) is 6.21. The SMILES string of the molecule is Cc1cnc(NS(=O)(=O)c2cccc(C#CCO)c2)s1. The molecule has 20 heavy (non-hydrogen) atoms. The predicted molar refractivity (Wildman–Crippen MR) is 78.1 cm³/mol. The molecular formula is C13H12N2O3S2. The van der Waals surface area contributed by atoms with Crippen molar-refractivity contribution >= 4 is 26.5 Å². The van der Waals surface area contributed by atoms with Gasteiger partial charge in [0.2, 0.25) is 0 Å². The third-order valence-corrected chi connectivity index (χ3v) is 4.59. The third kappa shape index (κ3) is 3.57. The number of thiazole rings is 1. The average molecular weight is 308 g/mol. The molecular weight excluding hydrogens is 296 g/mol. The Balaban J connectivity index is 2.29. The molecule has 0 spiro atoms. The number of nitrogens with zero attached hydrogens (tertiary/aromatic N) is 1. The van der Waals surface area contributed by atoms with E-state index >= 15 is 0 Å². The van der Waals surface area contributed by atoms with E-state index in [2.05, 4.69) is 21.5 Å². The van der Waals surface area contributed by atoms with E-state index < -0.39 is 10.0 Å². The summed E-state index contributed by atoms with van der Waals surface area (Å²) in [5, 5.41) is 8.97. The number of hydrogen-bond donors (Lipinski definition) is 2. The smallest absolute Gasteiger partial charge is 0.263 e. The Hall–Kier alpha value is -1.88. The quantitative estimate of drug-likeness (QED) is 0.844. The molecule has 2 N–H and O–H groups in total. The fourth-order valence-electron chi connectivity index (χ4n) is 1.46. The van der Waals surface area contributed by atoms with Gasteiger partial charge < -0.3 is 5.11 Å². The van der Waals surface area contributed by atoms with Crippen LogP contribution in [0.15, 0.2) is 35.4 Å². The largest absolute Gasteiger partial charge is 0.384 e. The zero-order valence-corrected chi connectivity index (χ0v) is 12.3. The molecule has 0 unspecified atom stereocenters. The highest BCUT2D eigenvalue weighted by atomic mass is 32.2. The molecule has 0 saturated carbocycles. The van der Waals surface area contributed by atoms with Crippen LogP contribution >= 0.6 is 11.3 Å². The van der Waals surface area contributed by atoms with Gasteiger partial charge in [-0.15, -0.1) is 11.3 Å². The van der Waals surface area contributed by atoms with Crippen LogP contribution in [0.1, 0.15) is 10.4 Å². The number of hydrogen-bond acceptors (Lipinski definition) is 5. The minimum absolute atomic E-state index is 0.107. The zero-order chi connectivity index (χ0) is 14.6. The van der Waals surface area contributed by atoms with E-state index in [-0.39, 0.29) is 11.5 Å². The van der Waals surface area contributed by atoms with Crippen LogP contribution < -0.4 is 4.72 Å². The molecule has 0 fully saturated rings. The molecule has 0 aliphatic carbocycles. The maximum atomic E-state index is 12.2. The van der Waals surface area contributed by atoms with E-state index in [1.54, 1.807) is 18.3 Å². The van der Waals surface area contributed by atoms with Gasteiger partial charge in [0.25, 0.3) is 10.0 Å². The van der Waals surface area contributed by atoms with Crippen molar-refractivity contribution in [1.29, 1.82) is 0 Å². The topological polar surface area (TPSA) is 79.3 Å². The predicted octanol–water partition coefficient (Wildman–Crippen LogP) is 1.60. The summed E-state index contributed by atoms with van der Waals surface area (Å²) in [4.78, 5) is 4.99. The van der Waals surface area contributed by atoms with Crippen molar-refractivity contribution in [3.8, 4) is 11.8 Å². The van der Waals surface area contributed by atoms with Crippen LogP contribution in [0.2, 0.25) is 0 Å². The van der Waals surface area contributed by atoms with E-state index in [1.165, 1.54) is 23.5 Å². The second-order valence-corrected chi connectivity index (χ2v) is 6.79. The molecule has 0 aliphatic rings. The number of nitrogens with one attached hydrogen (secondary N) is 1. The van der Waals surface area contributed by atoms with E-state index in [0.717, 1.165) is 4.88 Å². The van der Waals surface area contributed by atoms with Crippen LogP contribution in [0.25, 0.3) is 0 Å². The van der Waals surface area contributed by atoms with Gasteiger partial charge in [-0.25, -0.2) is 13.4 Å². The van der Waals surface area contributed by atoms with Crippen LogP contribution in [-0.4, -0.2) is 25.1 Å². The van der Waals surface area contributed by atoms with E-state index in [9.17, 15) is 8.42 Å². The summed E-state index contributed by atoms with van der Waals surface area (Å²) in [6.45, 7) is 1.58. The van der Waals surface area contributed by atoms with Crippen LogP contribution in [0.3, 0.4) is 0 Å². The molecule has 0 bridgehead atoms. The molecule has 1 aromatic heterocycles. The molecule has 1 aromatic carbocycles. The van der Waals surface area contributed by atoms with Crippen LogP contribution in [0.5, 0.6) is 0 Å². The zero-order valence-electron chi connectivity index (χ0n) is 10.6. The number of rotatable bonds is 3. The van der Waals surface area contributed by atoms with Crippen molar-refractivity contribution in [3.05, 3.63) is 40.9 Å². The summed E-state index contributed by atoms with van der Waals surface area (Å²) in [7, 11) is -3.68. The second kappa shape index (κ2) is 6.05. The van der Waals surface area contributed by atoms with E-state index in [1.807, 2.05) is 6.92 Å². The Kier molecular flexibility index (Phi) is 4.39. The standard InChI is InChI=1S/C13H12N2O3S2/c1-10-9-14-13(19-10)15-20(17,18)12-6-2-4-11(8-12)5-3-7-16/h2,4,6,8-9,16H,7H2,1H3,(H,14,15). The van der Waals surface area contributed by atoms with Gasteiger partial charge in [0.15, 0.2) is 5.13 Å². The molecule has 5 nitrogen and oxygen atoms in total. The first-order valence-electron chi connectivity index (χ1n) is 5.66. The van der Waals surface area contributed by atoms with Gasteiger partial charge >= 0.3 is 0 Å². The third-order valence-electron chi connectivity index (χ3n) is 2.30. The van der Waals surface area contributed by atoms with Gasteiger partial charge in [0, 0.05) is 16.6 Å².